The summed E-state index contributed by atoms with van der Waals surface area (Å²) in [6.07, 6.45) is 0. The van der Waals surface area contributed by atoms with Crippen LogP contribution in [0.4, 0.5) is 0 Å². The van der Waals surface area contributed by atoms with Crippen LogP contribution in [-0.2, 0) is 9.59 Å². The molecular formula is C9H16N2O2. The number of carbonyl (C=O) groups excluding carboxylic acids is 2. The Morgan fingerprint density at radius 1 is 1.46 bits per heavy atom. The number of likely N-dealkylation sites (N-methyl/N-ethyl adjacent to an activating group) is 1. The molecule has 0 aromatic carbocycles. The molecule has 1 rings (SSSR count). The molecule has 1 heterocycles. The molecule has 0 radical (unpaired) electrons. The Morgan fingerprint density at radius 2 is 2.00 bits per heavy atom. The molecule has 4 nitrogen and oxygen atoms in total. The predicted molar refractivity (Wildman–Crippen MR) is 49.1 cm³/mol. The van der Waals surface area contributed by atoms with Gasteiger partial charge in [0.1, 0.15) is 11.6 Å². The Balaban J connectivity index is 2.95. The van der Waals surface area contributed by atoms with Crippen molar-refractivity contribution in [3.05, 3.63) is 0 Å². The zero-order chi connectivity index (χ0) is 10.2. The van der Waals surface area contributed by atoms with Crippen molar-refractivity contribution in [1.82, 2.24) is 10.2 Å². The Kier molecular flexibility index (Phi) is 2.32. The van der Waals surface area contributed by atoms with Crippen molar-refractivity contribution < 1.29 is 9.59 Å². The Morgan fingerprint density at radius 3 is 2.46 bits per heavy atom. The molecule has 74 valence electrons. The molecular weight excluding hydrogens is 168 g/mol. The maximum Gasteiger partial charge on any atom is 0.248 e. The number of hydrogen-bond acceptors (Lipinski definition) is 2. The van der Waals surface area contributed by atoms with E-state index < -0.39 is 5.54 Å². The summed E-state index contributed by atoms with van der Waals surface area (Å²) in [7, 11) is 0. The maximum atomic E-state index is 11.7. The van der Waals surface area contributed by atoms with Crippen LogP contribution in [0.25, 0.3) is 0 Å². The number of rotatable bonds is 1. The highest BCUT2D eigenvalue weighted by atomic mass is 16.2. The quantitative estimate of drug-likeness (QED) is 0.630. The fourth-order valence-corrected chi connectivity index (χ4v) is 1.56. The van der Waals surface area contributed by atoms with Crippen molar-refractivity contribution in [3.8, 4) is 0 Å². The van der Waals surface area contributed by atoms with Crippen LogP contribution in [0.5, 0.6) is 0 Å². The summed E-state index contributed by atoms with van der Waals surface area (Å²) in [6, 6.07) is -0.342. The number of carbonyl (C=O) groups is 2. The third-order valence-electron chi connectivity index (χ3n) is 2.42. The summed E-state index contributed by atoms with van der Waals surface area (Å²) in [5.74, 6) is -0.0893. The second kappa shape index (κ2) is 3.01. The summed E-state index contributed by atoms with van der Waals surface area (Å²) in [6.45, 7) is 7.65. The minimum atomic E-state index is -0.750. The fourth-order valence-electron chi connectivity index (χ4n) is 1.56. The lowest BCUT2D eigenvalue weighted by Gasteiger charge is -2.41. The second-order valence-electron chi connectivity index (χ2n) is 3.88. The monoisotopic (exact) mass is 184 g/mol. The van der Waals surface area contributed by atoms with E-state index in [1.165, 1.54) is 0 Å². The molecule has 1 unspecified atom stereocenters. The Hall–Kier alpha value is -1.06. The lowest BCUT2D eigenvalue weighted by atomic mass is 9.97. The normalized spacial score (nSPS) is 27.4. The number of piperazine rings is 1. The zero-order valence-corrected chi connectivity index (χ0v) is 8.55. The van der Waals surface area contributed by atoms with Gasteiger partial charge in [-0.3, -0.25) is 9.59 Å². The van der Waals surface area contributed by atoms with Crippen LogP contribution in [0.3, 0.4) is 0 Å². The molecule has 1 N–H and O–H groups in total. The van der Waals surface area contributed by atoms with E-state index in [1.807, 2.05) is 6.92 Å². The third-order valence-corrected chi connectivity index (χ3v) is 2.42. The van der Waals surface area contributed by atoms with Crippen molar-refractivity contribution in [2.75, 3.05) is 6.54 Å². The van der Waals surface area contributed by atoms with Crippen LogP contribution in [0.2, 0.25) is 0 Å². The third kappa shape index (κ3) is 1.53. The first-order valence-corrected chi connectivity index (χ1v) is 4.53. The van der Waals surface area contributed by atoms with Gasteiger partial charge < -0.3 is 10.2 Å². The van der Waals surface area contributed by atoms with Crippen molar-refractivity contribution in [2.45, 2.75) is 39.3 Å². The molecule has 1 atom stereocenters. The number of amides is 2. The van der Waals surface area contributed by atoms with Gasteiger partial charge in [-0.05, 0) is 27.7 Å². The molecule has 2 amide bonds. The van der Waals surface area contributed by atoms with Gasteiger partial charge in [0.15, 0.2) is 0 Å². The molecule has 1 fully saturated rings. The van der Waals surface area contributed by atoms with E-state index in [0.29, 0.717) is 6.54 Å². The lowest BCUT2D eigenvalue weighted by molar-refractivity contribution is -0.152. The van der Waals surface area contributed by atoms with Gasteiger partial charge in [0.25, 0.3) is 0 Å². The largest absolute Gasteiger partial charge is 0.340 e. The lowest BCUT2D eigenvalue weighted by Crippen LogP contribution is -2.67. The van der Waals surface area contributed by atoms with E-state index in [-0.39, 0.29) is 17.9 Å². The van der Waals surface area contributed by atoms with Crippen molar-refractivity contribution >= 4 is 11.8 Å². The molecule has 0 aliphatic carbocycles. The van der Waals surface area contributed by atoms with E-state index in [0.717, 1.165) is 0 Å². The molecule has 0 aromatic rings. The molecule has 4 heteroatoms. The van der Waals surface area contributed by atoms with Gasteiger partial charge in [-0.15, -0.1) is 0 Å². The van der Waals surface area contributed by atoms with Crippen molar-refractivity contribution in [2.24, 2.45) is 0 Å². The fraction of sp³-hybridized carbons (Fsp3) is 0.778. The summed E-state index contributed by atoms with van der Waals surface area (Å²) >= 11 is 0. The molecule has 0 aromatic heterocycles. The minimum Gasteiger partial charge on any atom is -0.340 e. The summed E-state index contributed by atoms with van der Waals surface area (Å²) in [5, 5.41) is 2.69. The molecule has 1 aliphatic heterocycles. The summed E-state index contributed by atoms with van der Waals surface area (Å²) in [5.41, 5.74) is -0.750. The number of hydrogen-bond donors (Lipinski definition) is 1. The van der Waals surface area contributed by atoms with Crippen LogP contribution < -0.4 is 5.32 Å². The van der Waals surface area contributed by atoms with E-state index in [4.69, 9.17) is 0 Å². The van der Waals surface area contributed by atoms with Gasteiger partial charge in [-0.2, -0.15) is 0 Å². The van der Waals surface area contributed by atoms with Crippen LogP contribution in [0.1, 0.15) is 27.7 Å². The summed E-state index contributed by atoms with van der Waals surface area (Å²) in [4.78, 5) is 24.8. The van der Waals surface area contributed by atoms with E-state index in [2.05, 4.69) is 5.32 Å². The van der Waals surface area contributed by atoms with Gasteiger partial charge in [0, 0.05) is 6.54 Å². The molecule has 13 heavy (non-hydrogen) atoms. The van der Waals surface area contributed by atoms with Crippen molar-refractivity contribution in [3.63, 3.8) is 0 Å². The zero-order valence-electron chi connectivity index (χ0n) is 8.55. The molecule has 1 saturated heterocycles. The van der Waals surface area contributed by atoms with Crippen LogP contribution >= 0.6 is 0 Å². The number of nitrogens with one attached hydrogen (secondary N) is 1. The van der Waals surface area contributed by atoms with Crippen LogP contribution in [0, 0.1) is 0 Å². The average molecular weight is 184 g/mol. The van der Waals surface area contributed by atoms with Crippen molar-refractivity contribution in [1.29, 1.82) is 0 Å². The highest BCUT2D eigenvalue weighted by Crippen LogP contribution is 2.16. The molecule has 0 spiro atoms. The Labute approximate surface area is 78.3 Å². The minimum absolute atomic E-state index is 0.0119. The smallest absolute Gasteiger partial charge is 0.248 e. The summed E-state index contributed by atoms with van der Waals surface area (Å²) < 4.78 is 0. The molecule has 0 bridgehead atoms. The van der Waals surface area contributed by atoms with E-state index >= 15 is 0 Å². The van der Waals surface area contributed by atoms with Gasteiger partial charge >= 0.3 is 0 Å². The SMILES string of the molecule is CCN1C(=O)C(C)(C)NC(=O)C1C. The Bertz CT molecular complexity index is 248. The van der Waals surface area contributed by atoms with Gasteiger partial charge in [0.05, 0.1) is 0 Å². The highest BCUT2D eigenvalue weighted by Gasteiger charge is 2.42. The van der Waals surface area contributed by atoms with E-state index in [1.54, 1.807) is 25.7 Å². The molecule has 1 aliphatic rings. The highest BCUT2D eigenvalue weighted by molar-refractivity contribution is 5.99. The first-order valence-electron chi connectivity index (χ1n) is 4.53. The predicted octanol–water partition coefficient (Wildman–Crippen LogP) is 0.132. The number of nitrogens with zero attached hydrogens (tertiary/aromatic N) is 1. The van der Waals surface area contributed by atoms with Crippen LogP contribution in [0.15, 0.2) is 0 Å². The van der Waals surface area contributed by atoms with E-state index in [9.17, 15) is 9.59 Å². The average Bonchev–Trinajstić information content (AvgIpc) is 2.02. The molecule has 0 saturated carbocycles. The van der Waals surface area contributed by atoms with Gasteiger partial charge in [-0.25, -0.2) is 0 Å². The van der Waals surface area contributed by atoms with Gasteiger partial charge in [0.2, 0.25) is 11.8 Å². The first-order chi connectivity index (χ1) is 5.90. The second-order valence-corrected chi connectivity index (χ2v) is 3.88. The first kappa shape index (κ1) is 10.0. The maximum absolute atomic E-state index is 11.7. The topological polar surface area (TPSA) is 49.4 Å². The van der Waals surface area contributed by atoms with Gasteiger partial charge in [-0.1, -0.05) is 0 Å². The standard InChI is InChI=1S/C9H16N2O2/c1-5-11-6(2)7(12)10-9(3,4)8(11)13/h6H,5H2,1-4H3,(H,10,12). The van der Waals surface area contributed by atoms with Crippen LogP contribution in [-0.4, -0.2) is 34.8 Å².